The molecule has 0 radical (unpaired) electrons. The van der Waals surface area contributed by atoms with Gasteiger partial charge >= 0.3 is 0 Å². The second-order valence-electron chi connectivity index (χ2n) is 17.4. The highest BCUT2D eigenvalue weighted by Crippen LogP contribution is 2.42. The SMILES string of the molecule is CCCCCCCCCC[C@@H](OCOC)[C@H](CC[C@@H](O[Si](C)(C)C(C)(C)C)[C@@H](CCC=O)O[Si](C)(C)C(C)(C)C)OS(=O)(=O)c1ccc(C)cc1. The number of methoxy groups -OCH3 is 1. The van der Waals surface area contributed by atoms with Crippen molar-refractivity contribution in [2.75, 3.05) is 13.9 Å². The van der Waals surface area contributed by atoms with E-state index in [0.717, 1.165) is 31.1 Å². The average Bonchev–Trinajstić information content (AvgIpc) is 3.02. The molecule has 0 N–H and O–H groups in total. The molecule has 1 aromatic carbocycles. The molecule has 0 bridgehead atoms. The molecule has 4 atom stereocenters. The lowest BCUT2D eigenvalue weighted by Gasteiger charge is -2.45. The molecule has 8 nitrogen and oxygen atoms in total. The lowest BCUT2D eigenvalue weighted by atomic mass is 9.97. The maximum absolute atomic E-state index is 13.8. The molecule has 0 saturated heterocycles. The Bertz CT molecular complexity index is 1210. The van der Waals surface area contributed by atoms with Crippen molar-refractivity contribution in [1.82, 2.24) is 0 Å². The van der Waals surface area contributed by atoms with E-state index in [9.17, 15) is 13.2 Å². The molecule has 0 heterocycles. The molecule has 298 valence electrons. The van der Waals surface area contributed by atoms with Crippen molar-refractivity contribution in [3.63, 3.8) is 0 Å². The quantitative estimate of drug-likeness (QED) is 0.0287. The number of ether oxygens (including phenoxy) is 2. The van der Waals surface area contributed by atoms with Crippen molar-refractivity contribution in [3.05, 3.63) is 29.8 Å². The number of aryl methyl sites for hydroxylation is 1. The van der Waals surface area contributed by atoms with Crippen molar-refractivity contribution in [3.8, 4) is 0 Å². The number of rotatable bonds is 27. The van der Waals surface area contributed by atoms with Crippen LogP contribution in [0.5, 0.6) is 0 Å². The molecule has 1 rings (SSSR count). The van der Waals surface area contributed by atoms with Gasteiger partial charge in [-0.2, -0.15) is 8.42 Å². The van der Waals surface area contributed by atoms with Gasteiger partial charge in [-0.3, -0.25) is 4.18 Å². The van der Waals surface area contributed by atoms with Gasteiger partial charge in [0.2, 0.25) is 0 Å². The first-order valence-electron chi connectivity index (χ1n) is 19.5. The Balaban J connectivity index is 3.55. The van der Waals surface area contributed by atoms with E-state index in [1.807, 2.05) is 6.92 Å². The van der Waals surface area contributed by atoms with Crippen molar-refractivity contribution in [2.45, 2.75) is 204 Å². The predicted octanol–water partition coefficient (Wildman–Crippen LogP) is 11.1. The topological polar surface area (TPSA) is 97.4 Å². The Hall–Kier alpha value is -0.926. The molecular weight excluding hydrogens is 697 g/mol. The fourth-order valence-corrected chi connectivity index (χ4v) is 9.43. The van der Waals surface area contributed by atoms with Crippen molar-refractivity contribution in [2.24, 2.45) is 0 Å². The van der Waals surface area contributed by atoms with E-state index in [4.69, 9.17) is 22.5 Å². The zero-order valence-corrected chi connectivity index (χ0v) is 37.6. The molecule has 0 saturated carbocycles. The minimum absolute atomic E-state index is 0.0342. The maximum Gasteiger partial charge on any atom is 0.297 e. The second kappa shape index (κ2) is 22.5. The van der Waals surface area contributed by atoms with Gasteiger partial charge in [-0.15, -0.1) is 0 Å². The van der Waals surface area contributed by atoms with Crippen LogP contribution in [0, 0.1) is 6.92 Å². The van der Waals surface area contributed by atoms with Crippen LogP contribution in [0.15, 0.2) is 29.2 Å². The molecule has 0 unspecified atom stereocenters. The van der Waals surface area contributed by atoms with Crippen LogP contribution in [0.4, 0.5) is 0 Å². The van der Waals surface area contributed by atoms with E-state index < -0.39 is 39.0 Å². The smallest absolute Gasteiger partial charge is 0.297 e. The van der Waals surface area contributed by atoms with Gasteiger partial charge in [0.05, 0.1) is 23.2 Å². The number of carbonyl (C=O) groups excluding carboxylic acids is 1. The van der Waals surface area contributed by atoms with Crippen LogP contribution in [-0.2, 0) is 37.4 Å². The second-order valence-corrected chi connectivity index (χ2v) is 28.5. The number of hydrogen-bond acceptors (Lipinski definition) is 8. The minimum Gasteiger partial charge on any atom is -0.411 e. The maximum atomic E-state index is 13.8. The van der Waals surface area contributed by atoms with Crippen molar-refractivity contribution >= 4 is 33.0 Å². The molecule has 1 aromatic rings. The van der Waals surface area contributed by atoms with Crippen LogP contribution in [0.25, 0.3) is 0 Å². The first kappa shape index (κ1) is 48.1. The highest BCUT2D eigenvalue weighted by atomic mass is 32.2. The van der Waals surface area contributed by atoms with Gasteiger partial charge in [0.25, 0.3) is 10.1 Å². The summed E-state index contributed by atoms with van der Waals surface area (Å²) >= 11 is 0. The zero-order valence-electron chi connectivity index (χ0n) is 34.8. The molecule has 0 amide bonds. The number of aldehydes is 1. The summed E-state index contributed by atoms with van der Waals surface area (Å²) in [4.78, 5) is 11.8. The Labute approximate surface area is 315 Å². The first-order valence-corrected chi connectivity index (χ1v) is 26.7. The molecule has 0 aromatic heterocycles. The normalized spacial score (nSPS) is 15.8. The largest absolute Gasteiger partial charge is 0.411 e. The summed E-state index contributed by atoms with van der Waals surface area (Å²) in [5.41, 5.74) is 0.968. The first-order chi connectivity index (χ1) is 23.6. The van der Waals surface area contributed by atoms with E-state index in [0.29, 0.717) is 32.1 Å². The summed E-state index contributed by atoms with van der Waals surface area (Å²) in [6.45, 7) is 26.4. The molecule has 0 aliphatic heterocycles. The van der Waals surface area contributed by atoms with Crippen LogP contribution in [0.3, 0.4) is 0 Å². The third kappa shape index (κ3) is 17.4. The molecule has 0 aliphatic carbocycles. The van der Waals surface area contributed by atoms with Gasteiger partial charge < -0.3 is 23.1 Å². The highest BCUT2D eigenvalue weighted by molar-refractivity contribution is 7.86. The number of carbonyl (C=O) groups is 1. The van der Waals surface area contributed by atoms with Crippen molar-refractivity contribution in [1.29, 1.82) is 0 Å². The molecule has 11 heteroatoms. The summed E-state index contributed by atoms with van der Waals surface area (Å²) in [6.07, 6.45) is 10.7. The van der Waals surface area contributed by atoms with E-state index in [2.05, 4.69) is 74.7 Å². The summed E-state index contributed by atoms with van der Waals surface area (Å²) in [5, 5.41) is -0.112. The number of unbranched alkanes of at least 4 members (excludes halogenated alkanes) is 7. The van der Waals surface area contributed by atoms with Gasteiger partial charge in [0.1, 0.15) is 19.2 Å². The summed E-state index contributed by atoms with van der Waals surface area (Å²) in [7, 11) is -7.12. The van der Waals surface area contributed by atoms with E-state index in [1.54, 1.807) is 31.4 Å². The summed E-state index contributed by atoms with van der Waals surface area (Å²) < 4.78 is 59.6. The summed E-state index contributed by atoms with van der Waals surface area (Å²) in [6, 6.07) is 6.75. The third-order valence-electron chi connectivity index (χ3n) is 10.9. The number of benzene rings is 1. The van der Waals surface area contributed by atoms with Crippen LogP contribution < -0.4 is 0 Å². The van der Waals surface area contributed by atoms with Gasteiger partial charge in [0.15, 0.2) is 16.6 Å². The van der Waals surface area contributed by atoms with E-state index in [-0.39, 0.29) is 34.0 Å². The number of hydrogen-bond donors (Lipinski definition) is 0. The third-order valence-corrected chi connectivity index (χ3v) is 21.3. The Kier molecular flexibility index (Phi) is 21.2. The van der Waals surface area contributed by atoms with E-state index >= 15 is 0 Å². The average molecular weight is 773 g/mol. The van der Waals surface area contributed by atoms with Crippen LogP contribution in [0.1, 0.15) is 138 Å². The Morgan fingerprint density at radius 2 is 1.16 bits per heavy atom. The Morgan fingerprint density at radius 3 is 1.63 bits per heavy atom. The lowest BCUT2D eigenvalue weighted by Crippen LogP contribution is -2.52. The molecule has 0 aliphatic rings. The minimum atomic E-state index is -4.11. The van der Waals surface area contributed by atoms with Crippen molar-refractivity contribution < 1.29 is 35.7 Å². The molecule has 51 heavy (non-hydrogen) atoms. The van der Waals surface area contributed by atoms with Gasteiger partial charge in [-0.25, -0.2) is 0 Å². The van der Waals surface area contributed by atoms with Crippen LogP contribution in [0.2, 0.25) is 36.3 Å². The Morgan fingerprint density at radius 1 is 0.686 bits per heavy atom. The van der Waals surface area contributed by atoms with Gasteiger partial charge in [0, 0.05) is 13.5 Å². The van der Waals surface area contributed by atoms with Gasteiger partial charge in [-0.1, -0.05) is 118 Å². The standard InChI is InChI=1S/C40H76O8SSi2/c1-14-15-16-17-18-19-20-21-23-35(45-32-44-9)36(46-49(42,43)34-27-25-33(2)26-28-34)29-30-38(48-51(12,13)40(6,7)8)37(24-22-31-41)47-50(10,11)39(3,4)5/h25-28,31,35-38H,14-24,29-30,32H2,1-13H3/t35-,36+,37-,38-/m1/s1. The molecule has 0 fully saturated rings. The predicted molar refractivity (Wildman–Crippen MR) is 216 cm³/mol. The fourth-order valence-electron chi connectivity index (χ4n) is 5.54. The molecule has 0 spiro atoms. The van der Waals surface area contributed by atoms with Gasteiger partial charge in [-0.05, 0) is 81.0 Å². The van der Waals surface area contributed by atoms with Crippen LogP contribution in [-0.4, -0.2) is 69.7 Å². The van der Waals surface area contributed by atoms with Crippen LogP contribution >= 0.6 is 0 Å². The monoisotopic (exact) mass is 772 g/mol. The zero-order chi connectivity index (χ0) is 38.9. The lowest BCUT2D eigenvalue weighted by molar-refractivity contribution is -0.112. The summed E-state index contributed by atoms with van der Waals surface area (Å²) in [5.74, 6) is 0. The fraction of sp³-hybridized carbons (Fsp3) is 0.825. The highest BCUT2D eigenvalue weighted by Gasteiger charge is 2.45. The molecular formula is C40H76O8SSi2. The van der Waals surface area contributed by atoms with E-state index in [1.165, 1.54) is 32.1 Å².